The third-order valence-electron chi connectivity index (χ3n) is 4.12. The summed E-state index contributed by atoms with van der Waals surface area (Å²) < 4.78 is 5.80. The van der Waals surface area contributed by atoms with Crippen molar-refractivity contribution in [1.29, 1.82) is 0 Å². The number of carbonyl (C=O) groups excluding carboxylic acids is 1. The van der Waals surface area contributed by atoms with E-state index in [0.29, 0.717) is 23.6 Å². The van der Waals surface area contributed by atoms with Gasteiger partial charge < -0.3 is 20.5 Å². The maximum absolute atomic E-state index is 12.2. The van der Waals surface area contributed by atoms with E-state index < -0.39 is 6.10 Å². The Labute approximate surface area is 168 Å². The zero-order chi connectivity index (χ0) is 19.9. The number of hydrogen-bond acceptors (Lipinski definition) is 5. The number of ether oxygens (including phenoxy) is 1. The van der Waals surface area contributed by atoms with Crippen LogP contribution in [0.25, 0.3) is 0 Å². The molecule has 2 atom stereocenters. The van der Waals surface area contributed by atoms with Gasteiger partial charge in [-0.3, -0.25) is 4.98 Å². The predicted molar refractivity (Wildman–Crippen MR) is 111 cm³/mol. The minimum absolute atomic E-state index is 0.175. The lowest BCUT2D eigenvalue weighted by molar-refractivity contribution is 0.158. The number of pyridine rings is 1. The minimum atomic E-state index is -0.582. The number of amides is 2. The normalized spacial score (nSPS) is 12.8. The molecule has 0 saturated carbocycles. The molecule has 0 aliphatic carbocycles. The lowest BCUT2D eigenvalue weighted by atomic mass is 10.1. The van der Waals surface area contributed by atoms with Gasteiger partial charge in [0.05, 0.1) is 12.3 Å². The summed E-state index contributed by atoms with van der Waals surface area (Å²) >= 11 is 1.50. The van der Waals surface area contributed by atoms with E-state index in [1.807, 2.05) is 55.6 Å². The van der Waals surface area contributed by atoms with Crippen LogP contribution in [0, 0.1) is 6.92 Å². The molecular weight excluding hydrogens is 374 g/mol. The fourth-order valence-electron chi connectivity index (χ4n) is 2.76. The molecule has 0 saturated heterocycles. The largest absolute Gasteiger partial charge is 0.455 e. The Bertz CT molecular complexity index is 901. The Morgan fingerprint density at radius 2 is 2.14 bits per heavy atom. The van der Waals surface area contributed by atoms with Crippen molar-refractivity contribution in [2.24, 2.45) is 0 Å². The number of anilines is 1. The summed E-state index contributed by atoms with van der Waals surface area (Å²) in [5.74, 6) is 1.36. The summed E-state index contributed by atoms with van der Waals surface area (Å²) in [7, 11) is 0. The molecule has 3 aromatic rings. The number of thiophene rings is 1. The van der Waals surface area contributed by atoms with Gasteiger partial charge in [-0.1, -0.05) is 6.07 Å². The summed E-state index contributed by atoms with van der Waals surface area (Å²) in [4.78, 5) is 17.2. The number of aliphatic hydroxyl groups excluding tert-OH is 1. The van der Waals surface area contributed by atoms with E-state index in [2.05, 4.69) is 15.6 Å². The standard InChI is InChI=1S/C21H23N3O3S/c1-14-11-16(7-8-19(14)27-17-5-3-9-22-13-17)24-21(26)23-15(2)12-18(25)20-6-4-10-28-20/h3-11,13,15,18,25H,12H2,1-2H3,(H2,23,24,26)/t15-,18-/m0/s1. The first-order valence-corrected chi connectivity index (χ1v) is 9.87. The number of aryl methyl sites for hydroxylation is 1. The Hall–Kier alpha value is -2.90. The van der Waals surface area contributed by atoms with E-state index in [-0.39, 0.29) is 12.1 Å². The molecule has 0 aliphatic heterocycles. The minimum Gasteiger partial charge on any atom is -0.455 e. The summed E-state index contributed by atoms with van der Waals surface area (Å²) in [5.41, 5.74) is 1.56. The summed E-state index contributed by atoms with van der Waals surface area (Å²) in [6, 6.07) is 12.4. The van der Waals surface area contributed by atoms with Crippen molar-refractivity contribution < 1.29 is 14.6 Å². The Morgan fingerprint density at radius 3 is 2.82 bits per heavy atom. The molecule has 28 heavy (non-hydrogen) atoms. The zero-order valence-corrected chi connectivity index (χ0v) is 16.6. The number of rotatable bonds is 7. The lowest BCUT2D eigenvalue weighted by Gasteiger charge is -2.18. The highest BCUT2D eigenvalue weighted by Crippen LogP contribution is 2.27. The van der Waals surface area contributed by atoms with E-state index in [0.717, 1.165) is 10.4 Å². The van der Waals surface area contributed by atoms with E-state index in [4.69, 9.17) is 4.74 Å². The number of benzene rings is 1. The molecule has 6 nitrogen and oxygen atoms in total. The van der Waals surface area contributed by atoms with Crippen LogP contribution in [0.3, 0.4) is 0 Å². The summed E-state index contributed by atoms with van der Waals surface area (Å²) in [5, 5.41) is 17.8. The fraction of sp³-hybridized carbons (Fsp3) is 0.238. The van der Waals surface area contributed by atoms with Gasteiger partial charge in [-0.2, -0.15) is 0 Å². The van der Waals surface area contributed by atoms with Crippen LogP contribution in [0.2, 0.25) is 0 Å². The van der Waals surface area contributed by atoms with Crippen LogP contribution in [0.5, 0.6) is 11.5 Å². The predicted octanol–water partition coefficient (Wildman–Crippen LogP) is 4.88. The third-order valence-corrected chi connectivity index (χ3v) is 5.09. The van der Waals surface area contributed by atoms with E-state index >= 15 is 0 Å². The smallest absolute Gasteiger partial charge is 0.319 e. The van der Waals surface area contributed by atoms with Crippen LogP contribution < -0.4 is 15.4 Å². The average Bonchev–Trinajstić information content (AvgIpc) is 3.19. The molecule has 0 aliphatic rings. The third kappa shape index (κ3) is 5.55. The average molecular weight is 398 g/mol. The number of nitrogens with one attached hydrogen (secondary N) is 2. The first-order valence-electron chi connectivity index (χ1n) is 8.99. The molecular formula is C21H23N3O3S. The number of urea groups is 1. The summed E-state index contributed by atoms with van der Waals surface area (Å²) in [6.07, 6.45) is 3.20. The van der Waals surface area contributed by atoms with Gasteiger partial charge >= 0.3 is 6.03 Å². The van der Waals surface area contributed by atoms with Gasteiger partial charge in [-0.25, -0.2) is 4.79 Å². The van der Waals surface area contributed by atoms with Gasteiger partial charge in [0.1, 0.15) is 11.5 Å². The van der Waals surface area contributed by atoms with Crippen LogP contribution >= 0.6 is 11.3 Å². The van der Waals surface area contributed by atoms with Gasteiger partial charge in [0.2, 0.25) is 0 Å². The number of aromatic nitrogens is 1. The van der Waals surface area contributed by atoms with E-state index in [1.165, 1.54) is 11.3 Å². The first kappa shape index (κ1) is 19.9. The van der Waals surface area contributed by atoms with Crippen molar-refractivity contribution in [3.63, 3.8) is 0 Å². The highest BCUT2D eigenvalue weighted by atomic mass is 32.1. The molecule has 2 aromatic heterocycles. The first-order chi connectivity index (χ1) is 13.5. The Kier molecular flexibility index (Phi) is 6.62. The van der Waals surface area contributed by atoms with Crippen LogP contribution in [0.15, 0.2) is 60.2 Å². The van der Waals surface area contributed by atoms with Gasteiger partial charge in [0.15, 0.2) is 0 Å². The second-order valence-corrected chi connectivity index (χ2v) is 7.52. The Balaban J connectivity index is 1.53. The molecule has 2 heterocycles. The number of carbonyl (C=O) groups is 1. The molecule has 7 heteroatoms. The van der Waals surface area contributed by atoms with Crippen molar-refractivity contribution in [1.82, 2.24) is 10.3 Å². The quantitative estimate of drug-likeness (QED) is 0.531. The van der Waals surface area contributed by atoms with Crippen molar-refractivity contribution in [3.05, 3.63) is 70.7 Å². The molecule has 2 amide bonds. The van der Waals surface area contributed by atoms with Gasteiger partial charge in [0, 0.05) is 22.8 Å². The van der Waals surface area contributed by atoms with Crippen molar-refractivity contribution in [2.75, 3.05) is 5.32 Å². The van der Waals surface area contributed by atoms with Gasteiger partial charge in [-0.05, 0) is 67.6 Å². The van der Waals surface area contributed by atoms with Gasteiger partial charge in [-0.15, -0.1) is 11.3 Å². The molecule has 0 radical (unpaired) electrons. The highest BCUT2D eigenvalue weighted by Gasteiger charge is 2.15. The van der Waals surface area contributed by atoms with Crippen LogP contribution in [0.1, 0.15) is 29.9 Å². The second kappa shape index (κ2) is 9.34. The molecule has 3 N–H and O–H groups in total. The number of nitrogens with zero attached hydrogens (tertiary/aromatic N) is 1. The SMILES string of the molecule is Cc1cc(NC(=O)N[C@@H](C)C[C@H](O)c2cccs2)ccc1Oc1cccnc1. The zero-order valence-electron chi connectivity index (χ0n) is 15.8. The number of aliphatic hydroxyl groups is 1. The van der Waals surface area contributed by atoms with Crippen molar-refractivity contribution in [3.8, 4) is 11.5 Å². The molecule has 3 rings (SSSR count). The monoisotopic (exact) mass is 397 g/mol. The molecule has 1 aromatic carbocycles. The maximum atomic E-state index is 12.2. The molecule has 0 unspecified atom stereocenters. The van der Waals surface area contributed by atoms with Crippen LogP contribution in [-0.2, 0) is 0 Å². The maximum Gasteiger partial charge on any atom is 0.319 e. The number of hydrogen-bond donors (Lipinski definition) is 3. The molecule has 0 fully saturated rings. The van der Waals surface area contributed by atoms with Crippen LogP contribution in [-0.4, -0.2) is 22.2 Å². The van der Waals surface area contributed by atoms with E-state index in [1.54, 1.807) is 18.5 Å². The Morgan fingerprint density at radius 1 is 1.29 bits per heavy atom. The second-order valence-electron chi connectivity index (χ2n) is 6.54. The van der Waals surface area contributed by atoms with E-state index in [9.17, 15) is 9.90 Å². The molecule has 0 spiro atoms. The van der Waals surface area contributed by atoms with Crippen molar-refractivity contribution >= 4 is 23.1 Å². The van der Waals surface area contributed by atoms with Gasteiger partial charge in [0.25, 0.3) is 0 Å². The van der Waals surface area contributed by atoms with Crippen molar-refractivity contribution in [2.45, 2.75) is 32.4 Å². The lowest BCUT2D eigenvalue weighted by Crippen LogP contribution is -2.36. The fourth-order valence-corrected chi connectivity index (χ4v) is 3.48. The summed E-state index contributed by atoms with van der Waals surface area (Å²) in [6.45, 7) is 3.78. The highest BCUT2D eigenvalue weighted by molar-refractivity contribution is 7.10. The molecule has 0 bridgehead atoms. The molecule has 146 valence electrons. The topological polar surface area (TPSA) is 83.5 Å². The van der Waals surface area contributed by atoms with Crippen LogP contribution in [0.4, 0.5) is 10.5 Å².